The van der Waals surface area contributed by atoms with Gasteiger partial charge in [0.05, 0.1) is 10.1 Å². The lowest BCUT2D eigenvalue weighted by Gasteiger charge is -2.04. The molecule has 0 unspecified atom stereocenters. The molecule has 0 spiro atoms. The number of sulfone groups is 1. The summed E-state index contributed by atoms with van der Waals surface area (Å²) in [7, 11) is -3.52. The molecular formula is C15H13ClFNO2S. The van der Waals surface area contributed by atoms with Crippen LogP contribution in [0.2, 0.25) is 5.02 Å². The maximum Gasteiger partial charge on any atom is 0.183 e. The number of benzene rings is 2. The summed E-state index contributed by atoms with van der Waals surface area (Å²) in [4.78, 5) is 0.206. The van der Waals surface area contributed by atoms with E-state index in [2.05, 4.69) is 0 Å². The molecule has 1 aliphatic rings. The van der Waals surface area contributed by atoms with Crippen molar-refractivity contribution in [1.29, 1.82) is 0 Å². The fourth-order valence-electron chi connectivity index (χ4n) is 2.58. The van der Waals surface area contributed by atoms with Crippen LogP contribution in [0.15, 0.2) is 53.4 Å². The van der Waals surface area contributed by atoms with Crippen LogP contribution in [-0.4, -0.2) is 19.7 Å². The first-order valence-corrected chi connectivity index (χ1v) is 8.34. The van der Waals surface area contributed by atoms with Gasteiger partial charge in [0.1, 0.15) is 5.82 Å². The zero-order chi connectivity index (χ0) is 15.2. The van der Waals surface area contributed by atoms with E-state index in [1.807, 2.05) is 0 Å². The summed E-state index contributed by atoms with van der Waals surface area (Å²) in [6.45, 7) is 0. The van der Waals surface area contributed by atoms with E-state index in [1.165, 1.54) is 36.4 Å². The minimum atomic E-state index is -3.52. The van der Waals surface area contributed by atoms with Crippen LogP contribution < -0.4 is 5.73 Å². The molecule has 3 atom stereocenters. The van der Waals surface area contributed by atoms with E-state index < -0.39 is 21.1 Å². The van der Waals surface area contributed by atoms with Crippen LogP contribution in [0.5, 0.6) is 0 Å². The van der Waals surface area contributed by atoms with Crippen molar-refractivity contribution in [3.63, 3.8) is 0 Å². The zero-order valence-corrected chi connectivity index (χ0v) is 12.5. The number of rotatable bonds is 3. The van der Waals surface area contributed by atoms with Gasteiger partial charge in [0, 0.05) is 17.0 Å². The normalized spacial score (nSPS) is 24.8. The highest BCUT2D eigenvalue weighted by Gasteiger charge is 2.57. The molecule has 0 aliphatic heterocycles. The fraction of sp³-hybridized carbons (Fsp3) is 0.200. The first-order valence-electron chi connectivity index (χ1n) is 6.42. The average molecular weight is 326 g/mol. The highest BCUT2D eigenvalue weighted by atomic mass is 35.5. The van der Waals surface area contributed by atoms with Crippen molar-refractivity contribution in [1.82, 2.24) is 0 Å². The van der Waals surface area contributed by atoms with Crippen LogP contribution in [0.25, 0.3) is 0 Å². The minimum absolute atomic E-state index is 0.206. The van der Waals surface area contributed by atoms with Gasteiger partial charge < -0.3 is 5.73 Å². The third-order valence-corrected chi connectivity index (χ3v) is 6.27. The highest BCUT2D eigenvalue weighted by Crippen LogP contribution is 2.47. The molecule has 2 N–H and O–H groups in total. The Kier molecular flexibility index (Phi) is 3.51. The predicted octanol–water partition coefficient (Wildman–Crippen LogP) is 2.75. The van der Waals surface area contributed by atoms with Gasteiger partial charge >= 0.3 is 0 Å². The van der Waals surface area contributed by atoms with E-state index in [0.717, 1.165) is 5.56 Å². The Labute approximate surface area is 127 Å². The van der Waals surface area contributed by atoms with E-state index in [9.17, 15) is 12.8 Å². The average Bonchev–Trinajstić information content (AvgIpc) is 3.12. The van der Waals surface area contributed by atoms with Crippen LogP contribution in [0, 0.1) is 5.82 Å². The molecule has 0 aromatic heterocycles. The third kappa shape index (κ3) is 2.57. The minimum Gasteiger partial charge on any atom is -0.326 e. The first-order chi connectivity index (χ1) is 9.91. The lowest BCUT2D eigenvalue weighted by Crippen LogP contribution is -2.15. The topological polar surface area (TPSA) is 60.2 Å². The van der Waals surface area contributed by atoms with Gasteiger partial charge in [-0.3, -0.25) is 0 Å². The van der Waals surface area contributed by atoms with E-state index in [4.69, 9.17) is 17.3 Å². The van der Waals surface area contributed by atoms with Crippen molar-refractivity contribution in [2.24, 2.45) is 5.73 Å². The Balaban J connectivity index is 1.91. The Bertz CT molecular complexity index is 759. The Morgan fingerprint density at radius 1 is 1.00 bits per heavy atom. The van der Waals surface area contributed by atoms with E-state index in [0.29, 0.717) is 5.02 Å². The van der Waals surface area contributed by atoms with Crippen LogP contribution in [-0.2, 0) is 9.84 Å². The van der Waals surface area contributed by atoms with E-state index in [-0.39, 0.29) is 16.6 Å². The molecule has 3 rings (SSSR count). The van der Waals surface area contributed by atoms with Gasteiger partial charge in [0.2, 0.25) is 0 Å². The lowest BCUT2D eigenvalue weighted by atomic mass is 10.1. The molecular weight excluding hydrogens is 313 g/mol. The van der Waals surface area contributed by atoms with Crippen molar-refractivity contribution >= 4 is 21.4 Å². The molecule has 0 heterocycles. The fourth-order valence-corrected chi connectivity index (χ4v) is 4.76. The molecule has 1 fully saturated rings. The molecule has 2 aromatic carbocycles. The summed E-state index contributed by atoms with van der Waals surface area (Å²) < 4.78 is 38.1. The van der Waals surface area contributed by atoms with Crippen LogP contribution in [0.3, 0.4) is 0 Å². The third-order valence-electron chi connectivity index (χ3n) is 3.76. The van der Waals surface area contributed by atoms with Gasteiger partial charge in [-0.05, 0) is 42.0 Å². The number of nitrogens with two attached hydrogens (primary N) is 1. The molecule has 2 aromatic rings. The second-order valence-corrected chi connectivity index (χ2v) is 7.66. The monoisotopic (exact) mass is 325 g/mol. The van der Waals surface area contributed by atoms with Crippen LogP contribution >= 0.6 is 11.6 Å². The molecule has 21 heavy (non-hydrogen) atoms. The summed E-state index contributed by atoms with van der Waals surface area (Å²) in [5.74, 6) is -0.656. The quantitative estimate of drug-likeness (QED) is 0.944. The Hall–Kier alpha value is -1.43. The molecule has 110 valence electrons. The molecule has 3 nitrogen and oxygen atoms in total. The highest BCUT2D eigenvalue weighted by molar-refractivity contribution is 7.92. The van der Waals surface area contributed by atoms with Crippen LogP contribution in [0.1, 0.15) is 11.5 Å². The van der Waals surface area contributed by atoms with Crippen molar-refractivity contribution < 1.29 is 12.8 Å². The van der Waals surface area contributed by atoms with Gasteiger partial charge in [-0.1, -0.05) is 23.7 Å². The zero-order valence-electron chi connectivity index (χ0n) is 10.9. The molecule has 6 heteroatoms. The number of halogens is 2. The SMILES string of the molecule is N[C@H]1[C@@H](c2ccc(F)cc2)[C@@H]1S(=O)(=O)c1ccc(Cl)cc1. The van der Waals surface area contributed by atoms with Gasteiger partial charge in [-0.15, -0.1) is 0 Å². The second kappa shape index (κ2) is 5.09. The number of hydrogen-bond donors (Lipinski definition) is 1. The van der Waals surface area contributed by atoms with Gasteiger partial charge in [0.25, 0.3) is 0 Å². The maximum atomic E-state index is 12.9. The van der Waals surface area contributed by atoms with Crippen molar-refractivity contribution in [3.8, 4) is 0 Å². The largest absolute Gasteiger partial charge is 0.326 e. The molecule has 0 radical (unpaired) electrons. The summed E-state index contributed by atoms with van der Waals surface area (Å²) in [6, 6.07) is 11.3. The molecule has 0 saturated heterocycles. The summed E-state index contributed by atoms with van der Waals surface area (Å²) in [6.07, 6.45) is 0. The second-order valence-electron chi connectivity index (χ2n) is 5.12. The summed E-state index contributed by atoms with van der Waals surface area (Å²) in [5.41, 5.74) is 6.68. The lowest BCUT2D eigenvalue weighted by molar-refractivity contribution is 0.593. The first kappa shape index (κ1) is 14.5. The Morgan fingerprint density at radius 3 is 2.14 bits per heavy atom. The standard InChI is InChI=1S/C15H13ClFNO2S/c16-10-3-7-12(8-4-10)21(19,20)15-13(14(15)18)9-1-5-11(17)6-2-9/h1-8,13-15H,18H2/t13-,14+,15+/m1/s1. The summed E-state index contributed by atoms with van der Waals surface area (Å²) >= 11 is 5.77. The molecule has 0 bridgehead atoms. The number of hydrogen-bond acceptors (Lipinski definition) is 3. The van der Waals surface area contributed by atoms with E-state index >= 15 is 0 Å². The van der Waals surface area contributed by atoms with Gasteiger partial charge in [-0.2, -0.15) is 0 Å². The van der Waals surface area contributed by atoms with E-state index in [1.54, 1.807) is 12.1 Å². The Morgan fingerprint density at radius 2 is 1.57 bits per heavy atom. The molecule has 0 amide bonds. The molecule has 1 aliphatic carbocycles. The van der Waals surface area contributed by atoms with Crippen molar-refractivity contribution in [2.45, 2.75) is 22.1 Å². The van der Waals surface area contributed by atoms with Crippen molar-refractivity contribution in [3.05, 3.63) is 64.9 Å². The van der Waals surface area contributed by atoms with Crippen molar-refractivity contribution in [2.75, 3.05) is 0 Å². The molecule has 1 saturated carbocycles. The van der Waals surface area contributed by atoms with Gasteiger partial charge in [0.15, 0.2) is 9.84 Å². The predicted molar refractivity (Wildman–Crippen MR) is 79.5 cm³/mol. The maximum absolute atomic E-state index is 12.9. The summed E-state index contributed by atoms with van der Waals surface area (Å²) in [5, 5.41) is -0.201. The van der Waals surface area contributed by atoms with Crippen LogP contribution in [0.4, 0.5) is 4.39 Å². The van der Waals surface area contributed by atoms with Gasteiger partial charge in [-0.25, -0.2) is 12.8 Å². The smallest absolute Gasteiger partial charge is 0.183 e.